The zero-order valence-electron chi connectivity index (χ0n) is 10.6. The molecule has 1 aromatic rings. The van der Waals surface area contributed by atoms with Crippen LogP contribution >= 0.6 is 23.2 Å². The highest BCUT2D eigenvalue weighted by Gasteiger charge is 2.05. The molecule has 0 radical (unpaired) electrons. The first-order valence-corrected chi connectivity index (χ1v) is 6.23. The molecule has 0 fully saturated rings. The van der Waals surface area contributed by atoms with Crippen LogP contribution in [-0.2, 0) is 0 Å². The molecule has 0 saturated carbocycles. The van der Waals surface area contributed by atoms with Crippen LogP contribution in [0.2, 0.25) is 10.0 Å². The molecule has 0 atom stereocenters. The first kappa shape index (κ1) is 14.9. The maximum absolute atomic E-state index is 11.6. The standard InChI is InChI=1S/C13H16Cl2N2O/c1-13(2,3)4-5-16-12(18)17-11-7-9(14)6-10(15)8-11/h4-8H,1-3H3,(H2,16,17,18)/b5-4+. The summed E-state index contributed by atoms with van der Waals surface area (Å²) in [7, 11) is 0. The highest BCUT2D eigenvalue weighted by molar-refractivity contribution is 6.35. The molecule has 0 saturated heterocycles. The minimum atomic E-state index is -0.339. The average Bonchev–Trinajstić information content (AvgIpc) is 2.12. The number of urea groups is 1. The van der Waals surface area contributed by atoms with Gasteiger partial charge in [0.05, 0.1) is 0 Å². The summed E-state index contributed by atoms with van der Waals surface area (Å²) in [5.74, 6) is 0. The van der Waals surface area contributed by atoms with E-state index >= 15 is 0 Å². The van der Waals surface area contributed by atoms with E-state index in [0.717, 1.165) is 0 Å². The topological polar surface area (TPSA) is 41.1 Å². The molecule has 0 aliphatic rings. The molecule has 3 nitrogen and oxygen atoms in total. The molecule has 0 aliphatic heterocycles. The van der Waals surface area contributed by atoms with E-state index in [2.05, 4.69) is 10.6 Å². The summed E-state index contributed by atoms with van der Waals surface area (Å²) in [6.45, 7) is 6.12. The number of carbonyl (C=O) groups excluding carboxylic acids is 1. The summed E-state index contributed by atoms with van der Waals surface area (Å²) in [6.07, 6.45) is 3.51. The van der Waals surface area contributed by atoms with Crippen molar-refractivity contribution in [2.45, 2.75) is 20.8 Å². The molecule has 5 heteroatoms. The van der Waals surface area contributed by atoms with Crippen molar-refractivity contribution in [3.05, 3.63) is 40.5 Å². The van der Waals surface area contributed by atoms with Gasteiger partial charge >= 0.3 is 6.03 Å². The lowest BCUT2D eigenvalue weighted by Crippen LogP contribution is -2.24. The van der Waals surface area contributed by atoms with Gasteiger partial charge in [-0.05, 0) is 23.6 Å². The van der Waals surface area contributed by atoms with Crippen molar-refractivity contribution in [3.63, 3.8) is 0 Å². The summed E-state index contributed by atoms with van der Waals surface area (Å²) in [5, 5.41) is 6.20. The highest BCUT2D eigenvalue weighted by atomic mass is 35.5. The van der Waals surface area contributed by atoms with E-state index in [1.165, 1.54) is 0 Å². The summed E-state index contributed by atoms with van der Waals surface area (Å²) in [5.41, 5.74) is 0.571. The van der Waals surface area contributed by atoms with Crippen molar-refractivity contribution in [1.82, 2.24) is 5.32 Å². The number of amides is 2. The van der Waals surface area contributed by atoms with Gasteiger partial charge in [-0.25, -0.2) is 4.79 Å². The van der Waals surface area contributed by atoms with Crippen LogP contribution in [0.25, 0.3) is 0 Å². The van der Waals surface area contributed by atoms with Gasteiger partial charge in [-0.2, -0.15) is 0 Å². The van der Waals surface area contributed by atoms with E-state index in [4.69, 9.17) is 23.2 Å². The van der Waals surface area contributed by atoms with E-state index in [0.29, 0.717) is 15.7 Å². The molecule has 0 spiro atoms. The fourth-order valence-electron chi connectivity index (χ4n) is 1.16. The van der Waals surface area contributed by atoms with Crippen molar-refractivity contribution in [2.24, 2.45) is 5.41 Å². The predicted octanol–water partition coefficient (Wildman–Crippen LogP) is 4.67. The molecular formula is C13H16Cl2N2O. The van der Waals surface area contributed by atoms with E-state index in [1.54, 1.807) is 24.4 Å². The van der Waals surface area contributed by atoms with Gasteiger partial charge in [0, 0.05) is 21.9 Å². The van der Waals surface area contributed by atoms with Crippen LogP contribution in [-0.4, -0.2) is 6.03 Å². The molecule has 1 aromatic carbocycles. The van der Waals surface area contributed by atoms with Crippen LogP contribution in [0.1, 0.15) is 20.8 Å². The van der Waals surface area contributed by atoms with Crippen LogP contribution in [0, 0.1) is 5.41 Å². The number of hydrogen-bond acceptors (Lipinski definition) is 1. The Morgan fingerprint density at radius 3 is 2.22 bits per heavy atom. The largest absolute Gasteiger partial charge is 0.323 e. The molecule has 0 bridgehead atoms. The van der Waals surface area contributed by atoms with Gasteiger partial charge in [-0.15, -0.1) is 0 Å². The van der Waals surface area contributed by atoms with Gasteiger partial charge in [0.25, 0.3) is 0 Å². The fraction of sp³-hybridized carbons (Fsp3) is 0.308. The first-order valence-electron chi connectivity index (χ1n) is 5.47. The fourth-order valence-corrected chi connectivity index (χ4v) is 1.69. The monoisotopic (exact) mass is 286 g/mol. The van der Waals surface area contributed by atoms with E-state index < -0.39 is 0 Å². The lowest BCUT2D eigenvalue weighted by atomic mass is 9.97. The molecule has 0 aliphatic carbocycles. The predicted molar refractivity (Wildman–Crippen MR) is 77.2 cm³/mol. The lowest BCUT2D eigenvalue weighted by Gasteiger charge is -2.11. The van der Waals surface area contributed by atoms with Gasteiger partial charge in [-0.1, -0.05) is 50.0 Å². The van der Waals surface area contributed by atoms with Crippen LogP contribution in [0.3, 0.4) is 0 Å². The van der Waals surface area contributed by atoms with Crippen LogP contribution in [0.15, 0.2) is 30.5 Å². The number of allylic oxidation sites excluding steroid dienone is 1. The maximum Gasteiger partial charge on any atom is 0.323 e. The molecule has 0 heterocycles. The maximum atomic E-state index is 11.6. The number of nitrogens with one attached hydrogen (secondary N) is 2. The summed E-state index contributed by atoms with van der Waals surface area (Å²) < 4.78 is 0. The van der Waals surface area contributed by atoms with Crippen molar-refractivity contribution < 1.29 is 4.79 Å². The third-order valence-electron chi connectivity index (χ3n) is 1.92. The molecule has 2 N–H and O–H groups in total. The van der Waals surface area contributed by atoms with Crippen LogP contribution < -0.4 is 10.6 Å². The van der Waals surface area contributed by atoms with Crippen molar-refractivity contribution >= 4 is 34.9 Å². The van der Waals surface area contributed by atoms with Gasteiger partial charge in [-0.3, -0.25) is 0 Å². The molecule has 18 heavy (non-hydrogen) atoms. The Bertz CT molecular complexity index is 444. The molecule has 0 aromatic heterocycles. The summed E-state index contributed by atoms with van der Waals surface area (Å²) >= 11 is 11.7. The SMILES string of the molecule is CC(C)(C)/C=C/NC(=O)Nc1cc(Cl)cc(Cl)c1. The molecular weight excluding hydrogens is 271 g/mol. The van der Waals surface area contributed by atoms with Crippen molar-refractivity contribution in [3.8, 4) is 0 Å². The number of rotatable bonds is 2. The Balaban J connectivity index is 2.57. The second kappa shape index (κ2) is 6.12. The zero-order chi connectivity index (χ0) is 13.8. The van der Waals surface area contributed by atoms with Gasteiger partial charge in [0.1, 0.15) is 0 Å². The third-order valence-corrected chi connectivity index (χ3v) is 2.35. The second-order valence-electron chi connectivity index (χ2n) is 4.96. The normalized spacial score (nSPS) is 11.6. The van der Waals surface area contributed by atoms with Crippen molar-refractivity contribution in [1.29, 1.82) is 0 Å². The third kappa shape index (κ3) is 5.94. The second-order valence-corrected chi connectivity index (χ2v) is 5.83. The summed E-state index contributed by atoms with van der Waals surface area (Å²) in [4.78, 5) is 11.6. The quantitative estimate of drug-likeness (QED) is 0.815. The number of halogens is 2. The smallest absolute Gasteiger partial charge is 0.315 e. The molecule has 2 amide bonds. The number of anilines is 1. The van der Waals surface area contributed by atoms with Gasteiger partial charge in [0.15, 0.2) is 0 Å². The minimum absolute atomic E-state index is 0.0205. The zero-order valence-corrected chi connectivity index (χ0v) is 12.1. The highest BCUT2D eigenvalue weighted by Crippen LogP contribution is 2.22. The lowest BCUT2D eigenvalue weighted by molar-refractivity contribution is 0.255. The van der Waals surface area contributed by atoms with Crippen LogP contribution in [0.4, 0.5) is 10.5 Å². The van der Waals surface area contributed by atoms with Gasteiger partial charge in [0.2, 0.25) is 0 Å². The number of hydrogen-bond donors (Lipinski definition) is 2. The molecule has 98 valence electrons. The Hall–Kier alpha value is -1.19. The summed E-state index contributed by atoms with van der Waals surface area (Å²) in [6, 6.07) is 4.51. The molecule has 1 rings (SSSR count). The molecule has 0 unspecified atom stereocenters. The minimum Gasteiger partial charge on any atom is -0.315 e. The van der Waals surface area contributed by atoms with E-state index in [9.17, 15) is 4.79 Å². The Kier molecular flexibility index (Phi) is 5.05. The Labute approximate surface area is 117 Å². The Morgan fingerprint density at radius 1 is 1.17 bits per heavy atom. The number of benzene rings is 1. The van der Waals surface area contributed by atoms with E-state index in [-0.39, 0.29) is 11.4 Å². The van der Waals surface area contributed by atoms with E-state index in [1.807, 2.05) is 26.8 Å². The van der Waals surface area contributed by atoms with Crippen molar-refractivity contribution in [2.75, 3.05) is 5.32 Å². The Morgan fingerprint density at radius 2 is 1.72 bits per heavy atom. The first-order chi connectivity index (χ1) is 8.26. The average molecular weight is 287 g/mol. The van der Waals surface area contributed by atoms with Crippen LogP contribution in [0.5, 0.6) is 0 Å². The van der Waals surface area contributed by atoms with Gasteiger partial charge < -0.3 is 10.6 Å². The number of carbonyl (C=O) groups is 1.